The van der Waals surface area contributed by atoms with Gasteiger partial charge in [0, 0.05) is 11.9 Å². The number of hydrogen-bond donors (Lipinski definition) is 0. The van der Waals surface area contributed by atoms with Crippen LogP contribution in [0.4, 0.5) is 0 Å². The van der Waals surface area contributed by atoms with Gasteiger partial charge in [-0.05, 0) is 48.4 Å². The topological polar surface area (TPSA) is 74.3 Å². The Kier molecular flexibility index (Phi) is 5.32. The van der Waals surface area contributed by atoms with E-state index in [1.54, 1.807) is 17.9 Å². The van der Waals surface area contributed by atoms with Gasteiger partial charge in [0.1, 0.15) is 10.9 Å². The second-order valence-corrected chi connectivity index (χ2v) is 8.49. The van der Waals surface area contributed by atoms with Crippen molar-refractivity contribution in [2.75, 3.05) is 7.11 Å². The van der Waals surface area contributed by atoms with Gasteiger partial charge >= 0.3 is 0 Å². The quantitative estimate of drug-likeness (QED) is 0.278. The van der Waals surface area contributed by atoms with Crippen molar-refractivity contribution in [3.63, 3.8) is 0 Å². The van der Waals surface area contributed by atoms with Crippen molar-refractivity contribution < 1.29 is 4.74 Å². The molecule has 0 spiro atoms. The lowest BCUT2D eigenvalue weighted by Gasteiger charge is -2.14. The molecular formula is C23H18ClN5O2S. The first-order valence-electron chi connectivity index (χ1n) is 9.84. The molecule has 0 aliphatic rings. The molecule has 5 rings (SSSR count). The van der Waals surface area contributed by atoms with Gasteiger partial charge in [-0.25, -0.2) is 9.55 Å². The standard InChI is InChI=1S/C23H18ClN5O2S/c1-14-9-10-19(31-2)18(12-14)28-21(30)16-7-3-4-8-17(16)29-22(28)26-27-23(29)32-13-15-6-5-11-25-20(15)24/h3-12H,13H2,1-2H3. The van der Waals surface area contributed by atoms with Crippen LogP contribution in [0.25, 0.3) is 22.4 Å². The number of aromatic nitrogens is 5. The molecule has 2 aromatic carbocycles. The minimum absolute atomic E-state index is 0.184. The first-order chi connectivity index (χ1) is 15.6. The number of fused-ring (bicyclic) bond motifs is 3. The monoisotopic (exact) mass is 463 g/mol. The maximum atomic E-state index is 13.5. The van der Waals surface area contributed by atoms with Crippen molar-refractivity contribution in [2.24, 2.45) is 0 Å². The Labute approximate surface area is 192 Å². The summed E-state index contributed by atoms with van der Waals surface area (Å²) in [6, 6.07) is 16.9. The molecule has 5 aromatic rings. The third-order valence-electron chi connectivity index (χ3n) is 5.16. The van der Waals surface area contributed by atoms with E-state index in [0.29, 0.717) is 38.7 Å². The highest BCUT2D eigenvalue weighted by Crippen LogP contribution is 2.29. The van der Waals surface area contributed by atoms with Gasteiger partial charge in [0.05, 0.1) is 23.7 Å². The van der Waals surface area contributed by atoms with Crippen molar-refractivity contribution in [1.29, 1.82) is 0 Å². The Balaban J connectivity index is 1.76. The van der Waals surface area contributed by atoms with Crippen LogP contribution in [0.1, 0.15) is 11.1 Å². The molecule has 0 saturated heterocycles. The Hall–Kier alpha value is -3.36. The van der Waals surface area contributed by atoms with Gasteiger partial charge in [0.25, 0.3) is 5.56 Å². The number of pyridine rings is 1. The van der Waals surface area contributed by atoms with Crippen LogP contribution in [-0.2, 0) is 5.75 Å². The van der Waals surface area contributed by atoms with Crippen molar-refractivity contribution in [3.05, 3.63) is 87.4 Å². The minimum atomic E-state index is -0.184. The molecule has 0 aliphatic heterocycles. The lowest BCUT2D eigenvalue weighted by Crippen LogP contribution is -2.22. The van der Waals surface area contributed by atoms with Crippen LogP contribution in [0.2, 0.25) is 5.15 Å². The zero-order chi connectivity index (χ0) is 22.2. The summed E-state index contributed by atoms with van der Waals surface area (Å²) in [5.74, 6) is 1.56. The van der Waals surface area contributed by atoms with Crippen molar-refractivity contribution >= 4 is 40.0 Å². The fourth-order valence-corrected chi connectivity index (χ4v) is 4.82. The van der Waals surface area contributed by atoms with E-state index in [9.17, 15) is 4.79 Å². The largest absolute Gasteiger partial charge is 0.495 e. The Morgan fingerprint density at radius 1 is 1.09 bits per heavy atom. The Morgan fingerprint density at radius 3 is 2.75 bits per heavy atom. The number of methoxy groups -OCH3 is 1. The lowest BCUT2D eigenvalue weighted by atomic mass is 10.2. The van der Waals surface area contributed by atoms with Crippen LogP contribution < -0.4 is 10.3 Å². The van der Waals surface area contributed by atoms with Crippen LogP contribution in [0.15, 0.2) is 70.7 Å². The lowest BCUT2D eigenvalue weighted by molar-refractivity contribution is 0.412. The average molecular weight is 464 g/mol. The smallest absolute Gasteiger partial charge is 0.267 e. The summed E-state index contributed by atoms with van der Waals surface area (Å²) < 4.78 is 9.01. The molecule has 160 valence electrons. The average Bonchev–Trinajstić information content (AvgIpc) is 3.23. The van der Waals surface area contributed by atoms with Gasteiger partial charge in [-0.1, -0.05) is 47.6 Å². The van der Waals surface area contributed by atoms with Crippen LogP contribution in [0.3, 0.4) is 0 Å². The molecule has 0 aliphatic carbocycles. The van der Waals surface area contributed by atoms with Crippen LogP contribution in [-0.4, -0.2) is 31.3 Å². The fraction of sp³-hybridized carbons (Fsp3) is 0.130. The minimum Gasteiger partial charge on any atom is -0.495 e. The van der Waals surface area contributed by atoms with Crippen molar-refractivity contribution in [2.45, 2.75) is 17.8 Å². The van der Waals surface area contributed by atoms with E-state index in [2.05, 4.69) is 15.2 Å². The maximum absolute atomic E-state index is 13.5. The number of rotatable bonds is 5. The fourth-order valence-electron chi connectivity index (χ4n) is 3.63. The Bertz CT molecular complexity index is 1530. The summed E-state index contributed by atoms with van der Waals surface area (Å²) >= 11 is 7.71. The summed E-state index contributed by atoms with van der Waals surface area (Å²) in [6.45, 7) is 1.97. The van der Waals surface area contributed by atoms with Crippen LogP contribution in [0.5, 0.6) is 5.75 Å². The van der Waals surface area contributed by atoms with E-state index < -0.39 is 0 Å². The number of benzene rings is 2. The zero-order valence-electron chi connectivity index (χ0n) is 17.3. The second kappa shape index (κ2) is 8.29. The number of thioether (sulfide) groups is 1. The third kappa shape index (κ3) is 3.41. The van der Waals surface area contributed by atoms with Gasteiger partial charge in [0.2, 0.25) is 5.78 Å². The molecule has 0 atom stereocenters. The number of aryl methyl sites for hydroxylation is 1. The van der Waals surface area contributed by atoms with E-state index in [0.717, 1.165) is 16.6 Å². The van der Waals surface area contributed by atoms with Gasteiger partial charge in [-0.3, -0.25) is 9.20 Å². The van der Waals surface area contributed by atoms with Gasteiger partial charge < -0.3 is 4.74 Å². The third-order valence-corrected chi connectivity index (χ3v) is 6.48. The van der Waals surface area contributed by atoms with E-state index in [1.807, 2.05) is 65.9 Å². The highest BCUT2D eigenvalue weighted by molar-refractivity contribution is 7.98. The molecule has 3 aromatic heterocycles. The molecular weight excluding hydrogens is 446 g/mol. The van der Waals surface area contributed by atoms with Gasteiger partial charge in [0.15, 0.2) is 5.16 Å². The predicted molar refractivity (Wildman–Crippen MR) is 126 cm³/mol. The molecule has 0 radical (unpaired) electrons. The summed E-state index contributed by atoms with van der Waals surface area (Å²) in [5, 5.41) is 10.5. The molecule has 0 N–H and O–H groups in total. The van der Waals surface area contributed by atoms with Gasteiger partial charge in [-0.15, -0.1) is 10.2 Å². The highest BCUT2D eigenvalue weighted by Gasteiger charge is 2.20. The maximum Gasteiger partial charge on any atom is 0.267 e. The number of ether oxygens (including phenoxy) is 1. The highest BCUT2D eigenvalue weighted by atomic mass is 35.5. The zero-order valence-corrected chi connectivity index (χ0v) is 18.9. The Morgan fingerprint density at radius 2 is 1.94 bits per heavy atom. The molecule has 7 nitrogen and oxygen atoms in total. The summed E-state index contributed by atoms with van der Waals surface area (Å²) in [7, 11) is 1.58. The van der Waals surface area contributed by atoms with Gasteiger partial charge in [-0.2, -0.15) is 0 Å². The summed E-state index contributed by atoms with van der Waals surface area (Å²) in [6.07, 6.45) is 1.66. The number of halogens is 1. The SMILES string of the molecule is COc1ccc(C)cc1-n1c(=O)c2ccccc2n2c(SCc3cccnc3Cl)nnc12. The predicted octanol–water partition coefficient (Wildman–Crippen LogP) is 4.69. The van der Waals surface area contributed by atoms with Crippen molar-refractivity contribution in [1.82, 2.24) is 24.1 Å². The van der Waals surface area contributed by atoms with E-state index in [1.165, 1.54) is 11.8 Å². The number of para-hydroxylation sites is 1. The van der Waals surface area contributed by atoms with Crippen LogP contribution >= 0.6 is 23.4 Å². The molecule has 0 saturated carbocycles. The summed E-state index contributed by atoms with van der Waals surface area (Å²) in [4.78, 5) is 17.7. The van der Waals surface area contributed by atoms with Crippen LogP contribution in [0, 0.1) is 6.92 Å². The van der Waals surface area contributed by atoms with Crippen molar-refractivity contribution in [3.8, 4) is 11.4 Å². The molecule has 32 heavy (non-hydrogen) atoms. The molecule has 0 fully saturated rings. The van der Waals surface area contributed by atoms with E-state index >= 15 is 0 Å². The van der Waals surface area contributed by atoms with E-state index in [-0.39, 0.29) is 5.56 Å². The molecule has 0 unspecified atom stereocenters. The normalized spacial score (nSPS) is 11.3. The summed E-state index contributed by atoms with van der Waals surface area (Å²) in [5.41, 5.74) is 3.07. The first kappa shape index (κ1) is 20.5. The number of hydrogen-bond acceptors (Lipinski definition) is 6. The molecule has 9 heteroatoms. The molecule has 0 amide bonds. The second-order valence-electron chi connectivity index (χ2n) is 7.19. The first-order valence-corrected chi connectivity index (χ1v) is 11.2. The molecule has 0 bridgehead atoms. The van der Waals surface area contributed by atoms with E-state index in [4.69, 9.17) is 16.3 Å². The molecule has 3 heterocycles. The number of nitrogens with zero attached hydrogens (tertiary/aromatic N) is 5.